The predicted octanol–water partition coefficient (Wildman–Crippen LogP) is 4.21. The lowest BCUT2D eigenvalue weighted by atomic mass is 10.1. The van der Waals surface area contributed by atoms with Crippen LogP contribution < -0.4 is 10.6 Å². The molecule has 2 N–H and O–H groups in total. The molecular weight excluding hydrogens is 331 g/mol. The average molecular weight is 343 g/mol. The number of carbonyl (C=O) groups excluding carboxylic acids is 2. The van der Waals surface area contributed by atoms with Crippen molar-refractivity contribution in [1.82, 2.24) is 0 Å². The van der Waals surface area contributed by atoms with Crippen molar-refractivity contribution in [1.29, 1.82) is 0 Å². The highest BCUT2D eigenvalue weighted by Gasteiger charge is 2.15. The van der Waals surface area contributed by atoms with Crippen molar-refractivity contribution in [2.45, 2.75) is 0 Å². The van der Waals surface area contributed by atoms with Crippen molar-refractivity contribution >= 4 is 45.6 Å². The highest BCUT2D eigenvalue weighted by atomic mass is 35.5. The molecule has 0 aromatic heterocycles. The van der Waals surface area contributed by atoms with Gasteiger partial charge in [0.05, 0.1) is 5.02 Å². The number of hydrogen-bond acceptors (Lipinski definition) is 2. The first kappa shape index (κ1) is 16.0. The van der Waals surface area contributed by atoms with Gasteiger partial charge in [0.25, 0.3) is 0 Å². The van der Waals surface area contributed by atoms with Crippen LogP contribution in [0.4, 0.5) is 15.8 Å². The maximum absolute atomic E-state index is 13.1. The number of fused-ring (bicyclic) bond motifs is 1. The second-order valence-corrected chi connectivity index (χ2v) is 5.51. The Labute approximate surface area is 142 Å². The highest BCUT2D eigenvalue weighted by molar-refractivity contribution is 6.43. The van der Waals surface area contributed by atoms with Crippen LogP contribution in [0.3, 0.4) is 0 Å². The molecule has 0 saturated heterocycles. The fourth-order valence-corrected chi connectivity index (χ4v) is 2.40. The van der Waals surface area contributed by atoms with E-state index in [1.165, 1.54) is 12.1 Å². The van der Waals surface area contributed by atoms with E-state index < -0.39 is 17.6 Å². The lowest BCUT2D eigenvalue weighted by Gasteiger charge is -2.08. The molecule has 0 bridgehead atoms. The summed E-state index contributed by atoms with van der Waals surface area (Å²) in [6.07, 6.45) is 0. The van der Waals surface area contributed by atoms with Crippen molar-refractivity contribution in [3.63, 3.8) is 0 Å². The largest absolute Gasteiger partial charge is 0.318 e. The Kier molecular flexibility index (Phi) is 4.44. The summed E-state index contributed by atoms with van der Waals surface area (Å²) in [7, 11) is 0. The third kappa shape index (κ3) is 3.52. The molecule has 0 radical (unpaired) electrons. The molecule has 0 aliphatic heterocycles. The Balaban J connectivity index is 1.70. The van der Waals surface area contributed by atoms with Gasteiger partial charge in [-0.05, 0) is 41.1 Å². The van der Waals surface area contributed by atoms with Gasteiger partial charge in [-0.15, -0.1) is 0 Å². The Morgan fingerprint density at radius 3 is 2.04 bits per heavy atom. The van der Waals surface area contributed by atoms with E-state index in [1.807, 2.05) is 30.3 Å². The van der Waals surface area contributed by atoms with Gasteiger partial charge in [0.2, 0.25) is 0 Å². The fourth-order valence-electron chi connectivity index (χ4n) is 2.22. The lowest BCUT2D eigenvalue weighted by Crippen LogP contribution is -2.29. The minimum absolute atomic E-state index is 0.136. The van der Waals surface area contributed by atoms with Crippen LogP contribution in [0.15, 0.2) is 60.7 Å². The first-order valence-corrected chi connectivity index (χ1v) is 7.47. The second kappa shape index (κ2) is 6.68. The number of carbonyl (C=O) groups is 2. The Bertz CT molecular complexity index is 943. The molecule has 0 aliphatic carbocycles. The number of nitrogens with one attached hydrogen (secondary N) is 2. The molecule has 0 heterocycles. The minimum Gasteiger partial charge on any atom is -0.318 e. The van der Waals surface area contributed by atoms with Crippen LogP contribution in [0.2, 0.25) is 5.02 Å². The first-order chi connectivity index (χ1) is 11.5. The van der Waals surface area contributed by atoms with E-state index in [2.05, 4.69) is 10.6 Å². The Morgan fingerprint density at radius 1 is 0.792 bits per heavy atom. The number of anilines is 2. The molecular formula is C18H12ClFN2O2. The topological polar surface area (TPSA) is 58.2 Å². The van der Waals surface area contributed by atoms with Gasteiger partial charge in [0.15, 0.2) is 0 Å². The van der Waals surface area contributed by atoms with Crippen molar-refractivity contribution in [3.8, 4) is 0 Å². The number of benzene rings is 3. The van der Waals surface area contributed by atoms with E-state index in [1.54, 1.807) is 12.1 Å². The SMILES string of the molecule is O=C(Nc1ccc(F)c(Cl)c1)C(=O)Nc1ccc2ccccc2c1. The van der Waals surface area contributed by atoms with E-state index in [4.69, 9.17) is 11.6 Å². The summed E-state index contributed by atoms with van der Waals surface area (Å²) < 4.78 is 13.1. The summed E-state index contributed by atoms with van der Waals surface area (Å²) >= 11 is 5.64. The molecule has 0 spiro atoms. The Morgan fingerprint density at radius 2 is 1.38 bits per heavy atom. The van der Waals surface area contributed by atoms with Gasteiger partial charge in [-0.3, -0.25) is 9.59 Å². The number of halogens is 2. The van der Waals surface area contributed by atoms with Crippen molar-refractivity contribution in [2.24, 2.45) is 0 Å². The number of amides is 2. The van der Waals surface area contributed by atoms with Gasteiger partial charge < -0.3 is 10.6 Å². The molecule has 4 nitrogen and oxygen atoms in total. The summed E-state index contributed by atoms with van der Waals surface area (Å²) in [5.41, 5.74) is 0.742. The second-order valence-electron chi connectivity index (χ2n) is 5.10. The molecule has 3 rings (SSSR count). The zero-order valence-electron chi connectivity index (χ0n) is 12.3. The third-order valence-corrected chi connectivity index (χ3v) is 3.68. The number of hydrogen-bond donors (Lipinski definition) is 2. The molecule has 120 valence electrons. The van der Waals surface area contributed by atoms with Gasteiger partial charge >= 0.3 is 11.8 Å². The van der Waals surface area contributed by atoms with Gasteiger partial charge in [-0.2, -0.15) is 0 Å². The van der Waals surface area contributed by atoms with E-state index in [9.17, 15) is 14.0 Å². The minimum atomic E-state index is -0.870. The fraction of sp³-hybridized carbons (Fsp3) is 0. The van der Waals surface area contributed by atoms with Crippen LogP contribution in [0.25, 0.3) is 10.8 Å². The molecule has 3 aromatic carbocycles. The zero-order valence-corrected chi connectivity index (χ0v) is 13.1. The van der Waals surface area contributed by atoms with Crippen molar-refractivity contribution in [2.75, 3.05) is 10.6 Å². The molecule has 0 aliphatic rings. The zero-order chi connectivity index (χ0) is 17.1. The highest BCUT2D eigenvalue weighted by Crippen LogP contribution is 2.20. The maximum Gasteiger partial charge on any atom is 0.314 e. The van der Waals surface area contributed by atoms with Crippen LogP contribution >= 0.6 is 11.6 Å². The Hall–Kier alpha value is -2.92. The molecule has 24 heavy (non-hydrogen) atoms. The molecule has 3 aromatic rings. The molecule has 0 atom stereocenters. The maximum atomic E-state index is 13.1. The average Bonchev–Trinajstić information content (AvgIpc) is 2.58. The van der Waals surface area contributed by atoms with Crippen molar-refractivity contribution < 1.29 is 14.0 Å². The normalized spacial score (nSPS) is 10.4. The summed E-state index contributed by atoms with van der Waals surface area (Å²) in [4.78, 5) is 23.9. The smallest absolute Gasteiger partial charge is 0.314 e. The quantitative estimate of drug-likeness (QED) is 0.685. The molecule has 2 amide bonds. The monoisotopic (exact) mass is 342 g/mol. The van der Waals surface area contributed by atoms with E-state index in [0.717, 1.165) is 16.8 Å². The predicted molar refractivity (Wildman–Crippen MR) is 92.6 cm³/mol. The van der Waals surface area contributed by atoms with Crippen LogP contribution in [-0.2, 0) is 9.59 Å². The van der Waals surface area contributed by atoms with Gasteiger partial charge in [-0.25, -0.2) is 4.39 Å². The molecule has 0 fully saturated rings. The summed E-state index contributed by atoms with van der Waals surface area (Å²) in [6.45, 7) is 0. The summed E-state index contributed by atoms with van der Waals surface area (Å²) in [5, 5.41) is 6.72. The summed E-state index contributed by atoms with van der Waals surface area (Å²) in [6, 6.07) is 16.7. The van der Waals surface area contributed by atoms with E-state index in [0.29, 0.717) is 5.69 Å². The van der Waals surface area contributed by atoms with Crippen molar-refractivity contribution in [3.05, 3.63) is 71.5 Å². The molecule has 0 unspecified atom stereocenters. The van der Waals surface area contributed by atoms with Crippen LogP contribution in [0, 0.1) is 5.82 Å². The van der Waals surface area contributed by atoms with Gasteiger partial charge in [0.1, 0.15) is 5.82 Å². The standard InChI is InChI=1S/C18H12ClFN2O2/c19-15-10-14(7-8-16(15)20)22-18(24)17(23)21-13-6-5-11-3-1-2-4-12(11)9-13/h1-10H,(H,21,23)(H,22,24). The number of rotatable bonds is 2. The molecule has 6 heteroatoms. The third-order valence-electron chi connectivity index (χ3n) is 3.39. The molecule has 0 saturated carbocycles. The van der Waals surface area contributed by atoms with E-state index >= 15 is 0 Å². The van der Waals surface area contributed by atoms with E-state index in [-0.39, 0.29) is 10.7 Å². The first-order valence-electron chi connectivity index (χ1n) is 7.09. The van der Waals surface area contributed by atoms with Crippen LogP contribution in [-0.4, -0.2) is 11.8 Å². The summed E-state index contributed by atoms with van der Waals surface area (Å²) in [5.74, 6) is -2.30. The van der Waals surface area contributed by atoms with Crippen LogP contribution in [0.1, 0.15) is 0 Å². The van der Waals surface area contributed by atoms with Gasteiger partial charge in [-0.1, -0.05) is 41.9 Å². The van der Waals surface area contributed by atoms with Crippen LogP contribution in [0.5, 0.6) is 0 Å². The lowest BCUT2D eigenvalue weighted by molar-refractivity contribution is -0.132. The van der Waals surface area contributed by atoms with Gasteiger partial charge in [0, 0.05) is 11.4 Å².